The van der Waals surface area contributed by atoms with Crippen molar-refractivity contribution in [2.45, 2.75) is 18.6 Å². The molecule has 0 spiro atoms. The number of anilines is 2. The largest absolute Gasteiger partial charge is 0.489 e. The minimum Gasteiger partial charge on any atom is -0.489 e. The topological polar surface area (TPSA) is 102 Å². The molecule has 0 aliphatic carbocycles. The van der Waals surface area contributed by atoms with E-state index in [1.807, 2.05) is 11.0 Å². The quantitative estimate of drug-likeness (QED) is 0.850. The number of amides is 2. The van der Waals surface area contributed by atoms with Crippen LogP contribution < -0.4 is 20.3 Å². The van der Waals surface area contributed by atoms with Crippen LogP contribution in [0.3, 0.4) is 0 Å². The van der Waals surface area contributed by atoms with Gasteiger partial charge in [-0.25, -0.2) is 4.79 Å². The molecular formula is C16H15N3O5. The zero-order chi connectivity index (χ0) is 16.8. The highest BCUT2D eigenvalue weighted by molar-refractivity contribution is 5.96. The molecule has 1 fully saturated rings. The second-order valence-electron chi connectivity index (χ2n) is 5.90. The van der Waals surface area contributed by atoms with Crippen LogP contribution in [0, 0.1) is 0 Å². The van der Waals surface area contributed by atoms with E-state index in [4.69, 9.17) is 15.2 Å². The van der Waals surface area contributed by atoms with Gasteiger partial charge in [-0.15, -0.1) is 0 Å². The molecule has 0 saturated carbocycles. The molecule has 8 nitrogen and oxygen atoms in total. The molecule has 0 aromatic heterocycles. The number of hydrogen-bond donors (Lipinski definition) is 1. The molecule has 24 heavy (non-hydrogen) atoms. The van der Waals surface area contributed by atoms with Gasteiger partial charge in [-0.2, -0.15) is 0 Å². The summed E-state index contributed by atoms with van der Waals surface area (Å²) >= 11 is 0. The average molecular weight is 329 g/mol. The molecule has 3 aliphatic heterocycles. The molecule has 2 N–H and O–H groups in total. The molecule has 124 valence electrons. The number of allylic oxidation sites excluding steroid dienone is 1. The standard InChI is InChI=1S/C16H15N3O5/c17-15(21)14-7-19(16(22)24-14)9-1-2-12-13(6-9)23-8-10-5-11(20)3-4-18(10)12/h1-4,6,10,14H,5,7-8H2,(H2,17,21)/t10?,14-/m1/s1. The molecule has 0 radical (unpaired) electrons. The van der Waals surface area contributed by atoms with Gasteiger partial charge in [-0.1, -0.05) is 0 Å². The number of primary amides is 1. The fourth-order valence-electron chi connectivity index (χ4n) is 3.11. The van der Waals surface area contributed by atoms with Gasteiger partial charge in [0.25, 0.3) is 5.91 Å². The first kappa shape index (κ1) is 14.6. The Labute approximate surface area is 137 Å². The zero-order valence-electron chi connectivity index (χ0n) is 12.7. The maximum atomic E-state index is 11.9. The van der Waals surface area contributed by atoms with Crippen LogP contribution in [0.4, 0.5) is 16.2 Å². The van der Waals surface area contributed by atoms with Crippen LogP contribution in [0.1, 0.15) is 6.42 Å². The van der Waals surface area contributed by atoms with E-state index in [2.05, 4.69) is 0 Å². The van der Waals surface area contributed by atoms with E-state index in [0.717, 1.165) is 5.69 Å². The number of nitrogens with zero attached hydrogens (tertiary/aromatic N) is 2. The second kappa shape index (κ2) is 5.26. The third-order valence-electron chi connectivity index (χ3n) is 4.34. The highest BCUT2D eigenvalue weighted by Crippen LogP contribution is 2.39. The number of carbonyl (C=O) groups is 3. The number of ketones is 1. The van der Waals surface area contributed by atoms with E-state index in [1.165, 1.54) is 4.90 Å². The van der Waals surface area contributed by atoms with Crippen LogP contribution in [-0.2, 0) is 14.3 Å². The van der Waals surface area contributed by atoms with Crippen molar-refractivity contribution in [2.75, 3.05) is 23.0 Å². The minimum absolute atomic E-state index is 0.0168. The SMILES string of the molecule is NC(=O)[C@H]1CN(c2ccc3c(c2)OCC2CC(=O)C=CN32)C(=O)O1. The highest BCUT2D eigenvalue weighted by atomic mass is 16.6. The Bertz CT molecular complexity index is 775. The predicted molar refractivity (Wildman–Crippen MR) is 83.8 cm³/mol. The van der Waals surface area contributed by atoms with Crippen LogP contribution in [0.5, 0.6) is 5.75 Å². The van der Waals surface area contributed by atoms with Gasteiger partial charge in [-0.3, -0.25) is 14.5 Å². The van der Waals surface area contributed by atoms with E-state index in [1.54, 1.807) is 24.4 Å². The van der Waals surface area contributed by atoms with Crippen LogP contribution in [-0.4, -0.2) is 43.1 Å². The Morgan fingerprint density at radius 3 is 2.88 bits per heavy atom. The van der Waals surface area contributed by atoms with Gasteiger partial charge in [0.05, 0.1) is 24.0 Å². The number of rotatable bonds is 2. The molecule has 3 heterocycles. The van der Waals surface area contributed by atoms with Gasteiger partial charge < -0.3 is 20.1 Å². The van der Waals surface area contributed by atoms with Gasteiger partial charge in [0, 0.05) is 18.7 Å². The average Bonchev–Trinajstić information content (AvgIpc) is 2.96. The van der Waals surface area contributed by atoms with Gasteiger partial charge in [0.1, 0.15) is 12.4 Å². The fourth-order valence-corrected chi connectivity index (χ4v) is 3.11. The van der Waals surface area contributed by atoms with Crippen molar-refractivity contribution < 1.29 is 23.9 Å². The van der Waals surface area contributed by atoms with Gasteiger partial charge in [0.2, 0.25) is 0 Å². The third-order valence-corrected chi connectivity index (χ3v) is 4.34. The normalized spacial score (nSPS) is 25.0. The first-order valence-electron chi connectivity index (χ1n) is 7.56. The van der Waals surface area contributed by atoms with Gasteiger partial charge in [-0.05, 0) is 18.2 Å². The van der Waals surface area contributed by atoms with Crippen molar-refractivity contribution in [2.24, 2.45) is 5.73 Å². The molecule has 3 aliphatic rings. The van der Waals surface area contributed by atoms with Crippen molar-refractivity contribution in [3.63, 3.8) is 0 Å². The first-order chi connectivity index (χ1) is 11.5. The monoisotopic (exact) mass is 329 g/mol. The predicted octanol–water partition coefficient (Wildman–Crippen LogP) is 0.551. The maximum Gasteiger partial charge on any atom is 0.415 e. The van der Waals surface area contributed by atoms with Gasteiger partial charge >= 0.3 is 6.09 Å². The summed E-state index contributed by atoms with van der Waals surface area (Å²) in [7, 11) is 0. The lowest BCUT2D eigenvalue weighted by atomic mass is 10.0. The number of ether oxygens (including phenoxy) is 2. The van der Waals surface area contributed by atoms with Crippen LogP contribution in [0.25, 0.3) is 0 Å². The second-order valence-corrected chi connectivity index (χ2v) is 5.90. The van der Waals surface area contributed by atoms with Crippen LogP contribution in [0.15, 0.2) is 30.5 Å². The molecule has 1 unspecified atom stereocenters. The Morgan fingerprint density at radius 2 is 2.12 bits per heavy atom. The third kappa shape index (κ3) is 2.27. The van der Waals surface area contributed by atoms with E-state index >= 15 is 0 Å². The number of benzene rings is 1. The maximum absolute atomic E-state index is 11.9. The number of fused-ring (bicyclic) bond motifs is 3. The molecule has 1 aromatic carbocycles. The molecule has 1 saturated heterocycles. The highest BCUT2D eigenvalue weighted by Gasteiger charge is 2.37. The van der Waals surface area contributed by atoms with E-state index in [-0.39, 0.29) is 18.4 Å². The lowest BCUT2D eigenvalue weighted by Gasteiger charge is -2.38. The summed E-state index contributed by atoms with van der Waals surface area (Å²) in [5, 5.41) is 0. The smallest absolute Gasteiger partial charge is 0.415 e. The van der Waals surface area contributed by atoms with E-state index in [9.17, 15) is 14.4 Å². The lowest BCUT2D eigenvalue weighted by molar-refractivity contribution is -0.124. The summed E-state index contributed by atoms with van der Waals surface area (Å²) in [5.41, 5.74) is 6.59. The number of carbonyl (C=O) groups excluding carboxylic acids is 3. The molecule has 0 bridgehead atoms. The van der Waals surface area contributed by atoms with Crippen molar-refractivity contribution in [1.82, 2.24) is 0 Å². The van der Waals surface area contributed by atoms with Crippen molar-refractivity contribution in [1.29, 1.82) is 0 Å². The lowest BCUT2D eigenvalue weighted by Crippen LogP contribution is -2.43. The molecule has 2 atom stereocenters. The molecule has 8 heteroatoms. The fraction of sp³-hybridized carbons (Fsp3) is 0.312. The number of hydrogen-bond acceptors (Lipinski definition) is 6. The first-order valence-corrected chi connectivity index (χ1v) is 7.56. The Kier molecular flexibility index (Phi) is 3.19. The Hall–Kier alpha value is -3.03. The summed E-state index contributed by atoms with van der Waals surface area (Å²) < 4.78 is 10.7. The van der Waals surface area contributed by atoms with Gasteiger partial charge in [0.15, 0.2) is 11.9 Å². The summed E-state index contributed by atoms with van der Waals surface area (Å²) in [5.74, 6) is 0.0151. The van der Waals surface area contributed by atoms with Crippen LogP contribution >= 0.6 is 0 Å². The zero-order valence-corrected chi connectivity index (χ0v) is 12.7. The van der Waals surface area contributed by atoms with Crippen molar-refractivity contribution in [3.05, 3.63) is 30.5 Å². The van der Waals surface area contributed by atoms with Crippen LogP contribution in [0.2, 0.25) is 0 Å². The summed E-state index contributed by atoms with van der Waals surface area (Å²) in [6, 6.07) is 5.28. The van der Waals surface area contributed by atoms with Crippen molar-refractivity contribution in [3.8, 4) is 5.75 Å². The summed E-state index contributed by atoms with van der Waals surface area (Å²) in [4.78, 5) is 38.0. The molecule has 1 aromatic rings. The molecule has 4 rings (SSSR count). The molecule has 2 amide bonds. The summed E-state index contributed by atoms with van der Waals surface area (Å²) in [6.45, 7) is 0.467. The minimum atomic E-state index is -0.949. The van der Waals surface area contributed by atoms with E-state index in [0.29, 0.717) is 24.5 Å². The molecular weight excluding hydrogens is 314 g/mol. The number of nitrogens with two attached hydrogens (primary N) is 1. The Morgan fingerprint density at radius 1 is 1.29 bits per heavy atom. The number of cyclic esters (lactones) is 1. The Balaban J connectivity index is 1.63. The van der Waals surface area contributed by atoms with E-state index < -0.39 is 18.1 Å². The summed E-state index contributed by atoms with van der Waals surface area (Å²) in [6.07, 6.45) is 2.15. The van der Waals surface area contributed by atoms with Crippen molar-refractivity contribution >= 4 is 29.2 Å².